The van der Waals surface area contributed by atoms with E-state index >= 15 is 0 Å². The number of rotatable bonds is 3. The average Bonchev–Trinajstić information content (AvgIpc) is 2.66. The number of sulfonamides is 1. The molecule has 0 spiro atoms. The highest BCUT2D eigenvalue weighted by molar-refractivity contribution is 7.92. The molecule has 0 aliphatic rings. The monoisotopic (exact) mass is 267 g/mol. The van der Waals surface area contributed by atoms with Gasteiger partial charge in [0.05, 0.1) is 10.6 Å². The lowest BCUT2D eigenvalue weighted by Gasteiger charge is -2.08. The van der Waals surface area contributed by atoms with Crippen molar-refractivity contribution >= 4 is 21.7 Å². The number of aryl methyl sites for hydroxylation is 2. The molecule has 0 saturated carbocycles. The second-order valence-corrected chi connectivity index (χ2v) is 5.58. The lowest BCUT2D eigenvalue weighted by atomic mass is 10.2. The van der Waals surface area contributed by atoms with Gasteiger partial charge in [-0.05, 0) is 31.5 Å². The summed E-state index contributed by atoms with van der Waals surface area (Å²) in [6.07, 6.45) is 1.37. The van der Waals surface area contributed by atoms with Gasteiger partial charge in [0.1, 0.15) is 6.26 Å². The van der Waals surface area contributed by atoms with Crippen molar-refractivity contribution in [2.45, 2.75) is 18.7 Å². The van der Waals surface area contributed by atoms with Crippen molar-refractivity contribution < 1.29 is 12.8 Å². The van der Waals surface area contributed by atoms with E-state index in [0.29, 0.717) is 16.9 Å². The Bertz CT molecular complexity index is 677. The molecule has 0 radical (unpaired) electrons. The van der Waals surface area contributed by atoms with E-state index in [4.69, 9.17) is 10.2 Å². The predicted octanol–water partition coefficient (Wildman–Crippen LogP) is 1.67. The van der Waals surface area contributed by atoms with E-state index in [0.717, 1.165) is 0 Å². The number of anilines is 2. The molecule has 1 aromatic heterocycles. The quantitative estimate of drug-likeness (QED) is 0.824. The van der Waals surface area contributed by atoms with Crippen LogP contribution in [0.5, 0.6) is 0 Å². The zero-order valence-electron chi connectivity index (χ0n) is 9.97. The average molecular weight is 267 g/mol. The lowest BCUT2D eigenvalue weighted by Crippen LogP contribution is -2.14. The Morgan fingerprint density at radius 1 is 1.33 bits per heavy atom. The highest BCUT2D eigenvalue weighted by Gasteiger charge is 2.19. The molecule has 1 heterocycles. The molecule has 96 valence electrons. The molecule has 2 aromatic rings. The summed E-state index contributed by atoms with van der Waals surface area (Å²) in [5.74, 6) is 0. The van der Waals surface area contributed by atoms with Gasteiger partial charge in [0.25, 0.3) is 10.0 Å². The van der Waals surface area contributed by atoms with Crippen LogP contribution in [-0.2, 0) is 10.0 Å². The maximum atomic E-state index is 12.1. The van der Waals surface area contributed by atoms with Crippen molar-refractivity contribution in [3.8, 4) is 0 Å². The molecule has 0 saturated heterocycles. The third-order valence-corrected chi connectivity index (χ3v) is 3.80. The second-order valence-electron chi connectivity index (χ2n) is 3.92. The molecule has 2 rings (SSSR count). The smallest absolute Gasteiger partial charge is 0.309 e. The zero-order chi connectivity index (χ0) is 13.3. The van der Waals surface area contributed by atoms with Gasteiger partial charge < -0.3 is 10.2 Å². The van der Waals surface area contributed by atoms with Gasteiger partial charge in [-0.2, -0.15) is 4.98 Å². The number of nitrogens with two attached hydrogens (primary N) is 1. The fourth-order valence-corrected chi connectivity index (χ4v) is 2.69. The normalized spacial score (nSPS) is 11.4. The summed E-state index contributed by atoms with van der Waals surface area (Å²) in [6, 6.07) is 4.62. The summed E-state index contributed by atoms with van der Waals surface area (Å²) in [7, 11) is -3.74. The summed E-state index contributed by atoms with van der Waals surface area (Å²) >= 11 is 0. The van der Waals surface area contributed by atoms with Crippen LogP contribution >= 0.6 is 0 Å². The minimum absolute atomic E-state index is 0.0608. The molecule has 0 fully saturated rings. The summed E-state index contributed by atoms with van der Waals surface area (Å²) in [5.41, 5.74) is 7.16. The van der Waals surface area contributed by atoms with E-state index < -0.39 is 10.0 Å². The fraction of sp³-hybridized carbons (Fsp3) is 0.182. The van der Waals surface area contributed by atoms with Crippen molar-refractivity contribution in [3.05, 3.63) is 35.7 Å². The summed E-state index contributed by atoms with van der Waals surface area (Å²) < 4.78 is 31.5. The van der Waals surface area contributed by atoms with Gasteiger partial charge in [-0.25, -0.2) is 13.1 Å². The Kier molecular flexibility index (Phi) is 3.00. The molecular weight excluding hydrogens is 254 g/mol. The minimum atomic E-state index is -3.74. The highest BCUT2D eigenvalue weighted by Crippen LogP contribution is 2.21. The first-order chi connectivity index (χ1) is 8.38. The van der Waals surface area contributed by atoms with Crippen LogP contribution in [0.2, 0.25) is 0 Å². The molecule has 0 bridgehead atoms. The summed E-state index contributed by atoms with van der Waals surface area (Å²) in [4.78, 5) is 3.99. The standard InChI is InChI=1S/C11H13N3O3S/c1-7-3-4-9(12)5-10(7)18(15,16)14-11-13-8(2)6-17-11/h3-6H,12H2,1-2H3,(H,13,14). The van der Waals surface area contributed by atoms with Crippen molar-refractivity contribution in [2.75, 3.05) is 10.5 Å². The van der Waals surface area contributed by atoms with E-state index in [1.165, 1.54) is 12.3 Å². The molecule has 7 heteroatoms. The Balaban J connectivity index is 2.39. The number of hydrogen-bond acceptors (Lipinski definition) is 5. The van der Waals surface area contributed by atoms with Crippen LogP contribution in [0, 0.1) is 13.8 Å². The molecule has 3 N–H and O–H groups in total. The molecule has 0 aliphatic carbocycles. The van der Waals surface area contributed by atoms with E-state index in [-0.39, 0.29) is 10.9 Å². The topological polar surface area (TPSA) is 98.2 Å². The molecule has 0 aliphatic heterocycles. The molecule has 0 unspecified atom stereocenters. The van der Waals surface area contributed by atoms with Crippen LogP contribution < -0.4 is 10.5 Å². The minimum Gasteiger partial charge on any atom is -0.431 e. The first kappa shape index (κ1) is 12.4. The van der Waals surface area contributed by atoms with Crippen LogP contribution in [0.3, 0.4) is 0 Å². The van der Waals surface area contributed by atoms with Crippen LogP contribution in [-0.4, -0.2) is 13.4 Å². The van der Waals surface area contributed by atoms with Crippen LogP contribution in [0.25, 0.3) is 0 Å². The van der Waals surface area contributed by atoms with Gasteiger partial charge in [-0.15, -0.1) is 0 Å². The van der Waals surface area contributed by atoms with Crippen molar-refractivity contribution in [3.63, 3.8) is 0 Å². The third kappa shape index (κ3) is 2.45. The maximum Gasteiger partial charge on any atom is 0.309 e. The zero-order valence-corrected chi connectivity index (χ0v) is 10.8. The lowest BCUT2D eigenvalue weighted by molar-refractivity contribution is 0.569. The van der Waals surface area contributed by atoms with Crippen LogP contribution in [0.15, 0.2) is 33.8 Å². The maximum absolute atomic E-state index is 12.1. The van der Waals surface area contributed by atoms with E-state index in [2.05, 4.69) is 9.71 Å². The number of nitrogens with one attached hydrogen (secondary N) is 1. The Labute approximate surface area is 105 Å². The Morgan fingerprint density at radius 3 is 2.67 bits per heavy atom. The van der Waals surface area contributed by atoms with Gasteiger partial charge in [-0.3, -0.25) is 0 Å². The first-order valence-electron chi connectivity index (χ1n) is 5.19. The van der Waals surface area contributed by atoms with E-state index in [1.807, 2.05) is 0 Å². The van der Waals surface area contributed by atoms with Crippen molar-refractivity contribution in [1.82, 2.24) is 4.98 Å². The Morgan fingerprint density at radius 2 is 2.06 bits per heavy atom. The third-order valence-electron chi connectivity index (χ3n) is 2.34. The molecule has 0 atom stereocenters. The largest absolute Gasteiger partial charge is 0.431 e. The van der Waals surface area contributed by atoms with E-state index in [9.17, 15) is 8.42 Å². The van der Waals surface area contributed by atoms with E-state index in [1.54, 1.807) is 26.0 Å². The van der Waals surface area contributed by atoms with Crippen molar-refractivity contribution in [1.29, 1.82) is 0 Å². The molecule has 6 nitrogen and oxygen atoms in total. The summed E-state index contributed by atoms with van der Waals surface area (Å²) in [6.45, 7) is 3.39. The molecular formula is C11H13N3O3S. The van der Waals surface area contributed by atoms with Crippen LogP contribution in [0.1, 0.15) is 11.3 Å². The predicted molar refractivity (Wildman–Crippen MR) is 67.6 cm³/mol. The molecule has 1 aromatic carbocycles. The number of hydrogen-bond donors (Lipinski definition) is 2. The number of nitrogen functional groups attached to an aromatic ring is 1. The second kappa shape index (κ2) is 4.34. The summed E-state index contributed by atoms with van der Waals surface area (Å²) in [5, 5.41) is 0. The number of oxazole rings is 1. The Hall–Kier alpha value is -2.02. The molecule has 18 heavy (non-hydrogen) atoms. The van der Waals surface area contributed by atoms with Crippen molar-refractivity contribution in [2.24, 2.45) is 0 Å². The number of benzene rings is 1. The van der Waals surface area contributed by atoms with Gasteiger partial charge >= 0.3 is 6.01 Å². The fourth-order valence-electron chi connectivity index (χ4n) is 1.48. The van der Waals surface area contributed by atoms with Gasteiger partial charge in [-0.1, -0.05) is 6.07 Å². The number of nitrogens with zero attached hydrogens (tertiary/aromatic N) is 1. The highest BCUT2D eigenvalue weighted by atomic mass is 32.2. The van der Waals surface area contributed by atoms with Gasteiger partial charge in [0.2, 0.25) is 0 Å². The SMILES string of the molecule is Cc1coc(NS(=O)(=O)c2cc(N)ccc2C)n1. The van der Waals surface area contributed by atoms with Gasteiger partial charge in [0.15, 0.2) is 0 Å². The molecule has 0 amide bonds. The first-order valence-corrected chi connectivity index (χ1v) is 6.68. The van der Waals surface area contributed by atoms with Crippen LogP contribution in [0.4, 0.5) is 11.7 Å². The number of aromatic nitrogens is 1. The van der Waals surface area contributed by atoms with Gasteiger partial charge in [0, 0.05) is 5.69 Å².